The van der Waals surface area contributed by atoms with Crippen LogP contribution in [0, 0.1) is 47.3 Å². The van der Waals surface area contributed by atoms with E-state index in [-0.39, 0.29) is 35.9 Å². The molecule has 16 atom stereocenters. The fraction of sp³-hybridized carbons (Fsp3) is 0.842. The average Bonchev–Trinajstić information content (AvgIpc) is 3.45. The van der Waals surface area contributed by atoms with Gasteiger partial charge in [0.25, 0.3) is 0 Å². The first-order chi connectivity index (χ1) is 23.0. The smallest absolute Gasteiger partial charge is 0.201 e. The van der Waals surface area contributed by atoms with Gasteiger partial charge >= 0.3 is 0 Å². The first-order valence-electron chi connectivity index (χ1n) is 18.6. The first-order valence-corrected chi connectivity index (χ1v) is 18.6. The van der Waals surface area contributed by atoms with Crippen LogP contribution in [0.1, 0.15) is 116 Å². The predicted molar refractivity (Wildman–Crippen MR) is 171 cm³/mol. The third-order valence-electron chi connectivity index (χ3n) is 14.5. The lowest BCUT2D eigenvalue weighted by Crippen LogP contribution is -2.69. The number of fused-ring (bicyclic) bond motifs is 4. The van der Waals surface area contributed by atoms with Crippen LogP contribution in [0.2, 0.25) is 0 Å². The van der Waals surface area contributed by atoms with Gasteiger partial charge in [-0.1, -0.05) is 27.7 Å². The Morgan fingerprint density at radius 2 is 1.00 bits per heavy atom. The van der Waals surface area contributed by atoms with Crippen LogP contribution >= 0.6 is 0 Å². The van der Waals surface area contributed by atoms with Crippen molar-refractivity contribution in [1.82, 2.24) is 0 Å². The second-order valence-corrected chi connectivity index (χ2v) is 17.0. The summed E-state index contributed by atoms with van der Waals surface area (Å²) >= 11 is 0. The SMILES string of the molecule is COc1cc(OC)c(C2O[C@H]3O[C@@]4(C)CC[C@H]5[C@H](C)CC[C@@H]([C@H]2C)[C@@]35OO4)cc1C1O[C@H]2O[C@@]3(C)CC[C@H]4[C@H](C)CC[C@@H]([C@H]1C)[C@@]24OO3. The molecule has 10 fully saturated rings. The second-order valence-electron chi connectivity index (χ2n) is 17.0. The quantitative estimate of drug-likeness (QED) is 0.299. The van der Waals surface area contributed by atoms with E-state index in [1.54, 1.807) is 14.2 Å². The van der Waals surface area contributed by atoms with Gasteiger partial charge in [0.15, 0.2) is 23.8 Å². The Hall–Kier alpha value is -1.50. The number of ether oxygens (including phenoxy) is 6. The van der Waals surface area contributed by atoms with Crippen molar-refractivity contribution in [2.45, 2.75) is 140 Å². The zero-order valence-corrected chi connectivity index (χ0v) is 29.8. The fourth-order valence-electron chi connectivity index (χ4n) is 11.9. The van der Waals surface area contributed by atoms with E-state index in [0.717, 1.165) is 74.0 Å². The maximum atomic E-state index is 7.11. The van der Waals surface area contributed by atoms with Gasteiger partial charge in [0.05, 0.1) is 26.4 Å². The van der Waals surface area contributed by atoms with Gasteiger partial charge in [-0.2, -0.15) is 0 Å². The molecule has 8 heterocycles. The lowest BCUT2D eigenvalue weighted by Gasteiger charge is -2.61. The Bertz CT molecular complexity index is 1340. The average molecular weight is 671 g/mol. The number of hydrogen-bond acceptors (Lipinski definition) is 10. The summed E-state index contributed by atoms with van der Waals surface area (Å²) in [7, 11) is 3.43. The predicted octanol–water partition coefficient (Wildman–Crippen LogP) is 7.55. The summed E-state index contributed by atoms with van der Waals surface area (Å²) in [6, 6.07) is 4.22. The zero-order valence-electron chi connectivity index (χ0n) is 29.8. The van der Waals surface area contributed by atoms with E-state index in [1.807, 2.05) is 19.9 Å². The van der Waals surface area contributed by atoms with E-state index >= 15 is 0 Å². The van der Waals surface area contributed by atoms with Crippen molar-refractivity contribution in [3.05, 3.63) is 23.3 Å². The highest BCUT2D eigenvalue weighted by atomic mass is 17.3. The van der Waals surface area contributed by atoms with Gasteiger partial charge < -0.3 is 28.4 Å². The Kier molecular flexibility index (Phi) is 7.43. The molecule has 8 aliphatic heterocycles. The molecule has 1 aromatic carbocycles. The summed E-state index contributed by atoms with van der Waals surface area (Å²) in [5.74, 6) is 1.99. The van der Waals surface area contributed by atoms with E-state index < -0.39 is 35.4 Å². The maximum absolute atomic E-state index is 7.11. The molecule has 2 unspecified atom stereocenters. The summed E-state index contributed by atoms with van der Waals surface area (Å²) in [4.78, 5) is 25.1. The maximum Gasteiger partial charge on any atom is 0.201 e. The van der Waals surface area contributed by atoms with Crippen molar-refractivity contribution in [1.29, 1.82) is 0 Å². The molecule has 0 aromatic heterocycles. The molecule has 1 aromatic rings. The van der Waals surface area contributed by atoms with Gasteiger partial charge in [-0.25, -0.2) is 19.6 Å². The van der Waals surface area contributed by atoms with Crippen molar-refractivity contribution in [2.24, 2.45) is 47.3 Å². The van der Waals surface area contributed by atoms with Gasteiger partial charge in [0.2, 0.25) is 11.6 Å². The van der Waals surface area contributed by atoms with Crippen LogP contribution in [-0.2, 0) is 38.5 Å². The second kappa shape index (κ2) is 11.0. The number of hydrogen-bond donors (Lipinski definition) is 0. The van der Waals surface area contributed by atoms with Gasteiger partial charge in [-0.05, 0) is 93.9 Å². The Labute approximate surface area is 284 Å². The molecule has 2 aliphatic carbocycles. The molecule has 4 bridgehead atoms. The van der Waals surface area contributed by atoms with E-state index in [2.05, 4.69) is 33.8 Å². The third kappa shape index (κ3) is 4.27. The van der Waals surface area contributed by atoms with Gasteiger partial charge in [-0.15, -0.1) is 0 Å². The van der Waals surface area contributed by atoms with Gasteiger partial charge in [0.1, 0.15) is 11.5 Å². The zero-order chi connectivity index (χ0) is 33.4. The topological polar surface area (TPSA) is 92.3 Å². The molecular formula is C38H54O10. The summed E-state index contributed by atoms with van der Waals surface area (Å²) < 4.78 is 39.8. The van der Waals surface area contributed by atoms with E-state index in [1.165, 1.54) is 0 Å². The molecular weight excluding hydrogens is 616 g/mol. The third-order valence-corrected chi connectivity index (χ3v) is 14.5. The molecule has 0 N–H and O–H groups in total. The normalized spacial score (nSPS) is 53.7. The minimum atomic E-state index is -0.838. The van der Waals surface area contributed by atoms with Crippen LogP contribution in [0.4, 0.5) is 0 Å². The molecule has 48 heavy (non-hydrogen) atoms. The lowest BCUT2D eigenvalue weighted by atomic mass is 9.56. The van der Waals surface area contributed by atoms with E-state index in [4.69, 9.17) is 48.0 Å². The number of rotatable bonds is 4. The monoisotopic (exact) mass is 670 g/mol. The molecule has 0 radical (unpaired) electrons. The Morgan fingerprint density at radius 1 is 0.562 bits per heavy atom. The van der Waals surface area contributed by atoms with Crippen molar-refractivity contribution in [3.8, 4) is 11.5 Å². The standard InChI is InChI=1S/C38H54O10/c1-19-9-11-27-21(3)31(41-33-37(27)25(19)13-15-35(5,43-33)45-47-37)23-17-24(30(40-8)18-29(23)39-7)32-22(4)28-12-10-20(2)26-14-16-36(6)44-34(42-32)38(26,28)48-46-36/h17-22,25-28,31-34H,9-16H2,1-8H3/t19-,20-,21-,22-,25+,26+,27+,28+,31?,32?,33+,34+,35-,36-,37-,38-/m1/s1. The highest BCUT2D eigenvalue weighted by Gasteiger charge is 2.71. The molecule has 2 spiro atoms. The van der Waals surface area contributed by atoms with Gasteiger partial charge in [0, 0.05) is 41.9 Å². The molecule has 11 rings (SSSR count). The summed E-state index contributed by atoms with van der Waals surface area (Å²) in [6.45, 7) is 13.2. The van der Waals surface area contributed by atoms with Crippen LogP contribution in [-0.4, -0.2) is 49.6 Å². The number of methoxy groups -OCH3 is 2. The minimum absolute atomic E-state index is 0.112. The molecule has 266 valence electrons. The Balaban J connectivity index is 1.12. The first kappa shape index (κ1) is 32.4. The van der Waals surface area contributed by atoms with Crippen LogP contribution in [0.15, 0.2) is 12.1 Å². The van der Waals surface area contributed by atoms with Gasteiger partial charge in [-0.3, -0.25) is 0 Å². The van der Waals surface area contributed by atoms with Crippen molar-refractivity contribution < 1.29 is 48.0 Å². The van der Waals surface area contributed by atoms with Crippen LogP contribution in [0.3, 0.4) is 0 Å². The van der Waals surface area contributed by atoms with Crippen molar-refractivity contribution in [2.75, 3.05) is 14.2 Å². The molecule has 10 aliphatic rings. The summed E-state index contributed by atoms with van der Waals surface area (Å²) in [5.41, 5.74) is 0.679. The minimum Gasteiger partial charge on any atom is -0.496 e. The molecule has 0 amide bonds. The highest BCUT2D eigenvalue weighted by molar-refractivity contribution is 5.50. The Morgan fingerprint density at radius 3 is 1.42 bits per heavy atom. The fourth-order valence-corrected chi connectivity index (χ4v) is 11.9. The van der Waals surface area contributed by atoms with Crippen molar-refractivity contribution in [3.63, 3.8) is 0 Å². The molecule has 10 heteroatoms. The lowest BCUT2D eigenvalue weighted by molar-refractivity contribution is -0.571. The number of benzene rings is 1. The molecule has 2 saturated carbocycles. The van der Waals surface area contributed by atoms with Crippen molar-refractivity contribution >= 4 is 0 Å². The van der Waals surface area contributed by atoms with Crippen LogP contribution < -0.4 is 9.47 Å². The van der Waals surface area contributed by atoms with E-state index in [0.29, 0.717) is 23.7 Å². The molecule has 8 saturated heterocycles. The van der Waals surface area contributed by atoms with Crippen LogP contribution in [0.25, 0.3) is 0 Å². The highest BCUT2D eigenvalue weighted by Crippen LogP contribution is 2.65. The summed E-state index contributed by atoms with van der Waals surface area (Å²) in [6.07, 6.45) is 6.21. The van der Waals surface area contributed by atoms with E-state index in [9.17, 15) is 0 Å². The summed E-state index contributed by atoms with van der Waals surface area (Å²) in [5, 5.41) is 0. The molecule has 10 nitrogen and oxygen atoms in total. The van der Waals surface area contributed by atoms with Crippen LogP contribution in [0.5, 0.6) is 11.5 Å². The largest absolute Gasteiger partial charge is 0.496 e.